The summed E-state index contributed by atoms with van der Waals surface area (Å²) in [5.41, 5.74) is 6.18. The molecule has 3 aliphatic rings. The third-order valence-electron chi connectivity index (χ3n) is 4.22. The van der Waals surface area contributed by atoms with Gasteiger partial charge in [0.25, 0.3) is 0 Å². The maximum atomic E-state index is 12.1. The molecule has 4 nitrogen and oxygen atoms in total. The van der Waals surface area contributed by atoms with Crippen molar-refractivity contribution < 1.29 is 9.53 Å². The average molecular weight is 224 g/mol. The predicted octanol–water partition coefficient (Wildman–Crippen LogP) is 0.361. The molecule has 0 spiro atoms. The number of nitrogens with zero attached hydrogens (tertiary/aromatic N) is 1. The molecule has 1 amide bonds. The summed E-state index contributed by atoms with van der Waals surface area (Å²) in [6.45, 7) is 4.15. The number of likely N-dealkylation sites (tertiary alicyclic amines) is 1. The highest BCUT2D eigenvalue weighted by Gasteiger charge is 2.52. The molecular formula is C12H20N2O2. The molecule has 2 heterocycles. The summed E-state index contributed by atoms with van der Waals surface area (Å²) in [5, 5.41) is 0. The van der Waals surface area contributed by atoms with E-state index in [0.717, 1.165) is 19.5 Å². The molecule has 0 bridgehead atoms. The monoisotopic (exact) mass is 224 g/mol. The van der Waals surface area contributed by atoms with E-state index in [1.807, 2.05) is 11.8 Å². The molecule has 1 saturated carbocycles. The van der Waals surface area contributed by atoms with Crippen molar-refractivity contribution in [2.75, 3.05) is 19.7 Å². The lowest BCUT2D eigenvalue weighted by Crippen LogP contribution is -2.70. The average Bonchev–Trinajstić information content (AvgIpc) is 2.96. The molecule has 3 fully saturated rings. The Balaban J connectivity index is 1.54. The van der Waals surface area contributed by atoms with Crippen molar-refractivity contribution in [1.29, 1.82) is 0 Å². The lowest BCUT2D eigenvalue weighted by Gasteiger charge is -2.49. The first-order valence-electron chi connectivity index (χ1n) is 6.28. The van der Waals surface area contributed by atoms with Gasteiger partial charge in [0.1, 0.15) is 0 Å². The molecule has 1 aliphatic carbocycles. The number of amides is 1. The number of carbonyl (C=O) groups is 1. The molecule has 2 unspecified atom stereocenters. The highest BCUT2D eigenvalue weighted by Crippen LogP contribution is 2.43. The lowest BCUT2D eigenvalue weighted by molar-refractivity contribution is -0.143. The van der Waals surface area contributed by atoms with Crippen LogP contribution in [0.1, 0.15) is 26.2 Å². The highest BCUT2D eigenvalue weighted by atomic mass is 16.5. The van der Waals surface area contributed by atoms with E-state index in [4.69, 9.17) is 10.5 Å². The first kappa shape index (κ1) is 10.5. The Hall–Kier alpha value is -0.610. The van der Waals surface area contributed by atoms with E-state index in [1.54, 1.807) is 0 Å². The van der Waals surface area contributed by atoms with Gasteiger partial charge in [-0.15, -0.1) is 0 Å². The van der Waals surface area contributed by atoms with Gasteiger partial charge in [-0.2, -0.15) is 0 Å². The second kappa shape index (κ2) is 3.44. The topological polar surface area (TPSA) is 55.6 Å². The molecule has 16 heavy (non-hydrogen) atoms. The Morgan fingerprint density at radius 1 is 1.44 bits per heavy atom. The van der Waals surface area contributed by atoms with Gasteiger partial charge >= 0.3 is 0 Å². The number of hydrogen-bond donors (Lipinski definition) is 1. The van der Waals surface area contributed by atoms with Crippen LogP contribution in [0, 0.1) is 11.8 Å². The van der Waals surface area contributed by atoms with Crippen molar-refractivity contribution >= 4 is 5.91 Å². The van der Waals surface area contributed by atoms with Gasteiger partial charge in [0.2, 0.25) is 5.91 Å². The van der Waals surface area contributed by atoms with Crippen molar-refractivity contribution in [1.82, 2.24) is 4.90 Å². The minimum atomic E-state index is -0.0548. The minimum Gasteiger partial charge on any atom is -0.378 e. The zero-order chi connectivity index (χ0) is 11.3. The van der Waals surface area contributed by atoms with Crippen molar-refractivity contribution in [3.8, 4) is 0 Å². The van der Waals surface area contributed by atoms with E-state index in [9.17, 15) is 4.79 Å². The Labute approximate surface area is 96.1 Å². The summed E-state index contributed by atoms with van der Waals surface area (Å²) >= 11 is 0. The van der Waals surface area contributed by atoms with E-state index < -0.39 is 0 Å². The number of rotatable bonds is 2. The molecule has 90 valence electrons. The predicted molar refractivity (Wildman–Crippen MR) is 59.7 cm³/mol. The van der Waals surface area contributed by atoms with Crippen LogP contribution in [0.5, 0.6) is 0 Å². The summed E-state index contributed by atoms with van der Waals surface area (Å²) in [6.07, 6.45) is 3.61. The molecule has 0 aromatic heterocycles. The molecule has 3 rings (SSSR count). The number of ether oxygens (including phenoxy) is 1. The van der Waals surface area contributed by atoms with Gasteiger partial charge in [0.05, 0.1) is 24.2 Å². The van der Waals surface area contributed by atoms with E-state index >= 15 is 0 Å². The fraction of sp³-hybridized carbons (Fsp3) is 0.917. The lowest BCUT2D eigenvalue weighted by atomic mass is 9.84. The number of carbonyl (C=O) groups excluding carboxylic acids is 1. The van der Waals surface area contributed by atoms with Crippen molar-refractivity contribution in [2.45, 2.75) is 37.8 Å². The van der Waals surface area contributed by atoms with Crippen LogP contribution in [-0.4, -0.2) is 42.1 Å². The Bertz CT molecular complexity index is 308. The second-order valence-corrected chi connectivity index (χ2v) is 5.78. The fourth-order valence-corrected chi connectivity index (χ4v) is 2.98. The van der Waals surface area contributed by atoms with Crippen LogP contribution in [0.4, 0.5) is 0 Å². The third kappa shape index (κ3) is 1.64. The second-order valence-electron chi connectivity index (χ2n) is 5.78. The zero-order valence-electron chi connectivity index (χ0n) is 9.82. The van der Waals surface area contributed by atoms with E-state index in [2.05, 4.69) is 0 Å². The van der Waals surface area contributed by atoms with Crippen LogP contribution in [0.3, 0.4) is 0 Å². The molecule has 0 aromatic rings. The smallest absolute Gasteiger partial charge is 0.228 e. The van der Waals surface area contributed by atoms with E-state index in [0.29, 0.717) is 12.5 Å². The van der Waals surface area contributed by atoms with Gasteiger partial charge in [0, 0.05) is 13.1 Å². The number of nitrogens with two attached hydrogens (primary N) is 1. The van der Waals surface area contributed by atoms with Gasteiger partial charge < -0.3 is 15.4 Å². The summed E-state index contributed by atoms with van der Waals surface area (Å²) in [4.78, 5) is 14.0. The van der Waals surface area contributed by atoms with Crippen LogP contribution in [0.25, 0.3) is 0 Å². The molecule has 0 aromatic carbocycles. The van der Waals surface area contributed by atoms with E-state index in [1.165, 1.54) is 12.8 Å². The Morgan fingerprint density at radius 2 is 2.12 bits per heavy atom. The van der Waals surface area contributed by atoms with Gasteiger partial charge in [0.15, 0.2) is 0 Å². The first-order chi connectivity index (χ1) is 7.58. The SMILES string of the molecule is CC1CC(C(=O)N2CC(N)(C3CC3)C2)CO1. The normalized spacial score (nSPS) is 37.2. The maximum absolute atomic E-state index is 12.1. The maximum Gasteiger partial charge on any atom is 0.228 e. The molecule has 0 radical (unpaired) electrons. The Kier molecular flexibility index (Phi) is 2.27. The van der Waals surface area contributed by atoms with Crippen LogP contribution < -0.4 is 5.73 Å². The summed E-state index contributed by atoms with van der Waals surface area (Å²) < 4.78 is 5.44. The van der Waals surface area contributed by atoms with Crippen molar-refractivity contribution in [3.63, 3.8) is 0 Å². The van der Waals surface area contributed by atoms with Gasteiger partial charge in [-0.25, -0.2) is 0 Å². The van der Waals surface area contributed by atoms with Crippen LogP contribution >= 0.6 is 0 Å². The summed E-state index contributed by atoms with van der Waals surface area (Å²) in [6, 6.07) is 0. The Morgan fingerprint density at radius 3 is 2.62 bits per heavy atom. The van der Waals surface area contributed by atoms with Gasteiger partial charge in [-0.1, -0.05) is 0 Å². The molecule has 2 aliphatic heterocycles. The standard InChI is InChI=1S/C12H20N2O2/c1-8-4-9(5-16-8)11(15)14-6-12(13,7-14)10-2-3-10/h8-10H,2-7,13H2,1H3. The third-order valence-corrected chi connectivity index (χ3v) is 4.22. The zero-order valence-corrected chi connectivity index (χ0v) is 9.82. The number of hydrogen-bond acceptors (Lipinski definition) is 3. The quantitative estimate of drug-likeness (QED) is 0.737. The molecule has 2 atom stereocenters. The van der Waals surface area contributed by atoms with Gasteiger partial charge in [-0.3, -0.25) is 4.79 Å². The van der Waals surface area contributed by atoms with Crippen molar-refractivity contribution in [2.24, 2.45) is 17.6 Å². The van der Waals surface area contributed by atoms with Crippen molar-refractivity contribution in [3.05, 3.63) is 0 Å². The molecule has 2 N–H and O–H groups in total. The summed E-state index contributed by atoms with van der Waals surface area (Å²) in [5.74, 6) is 1.01. The largest absolute Gasteiger partial charge is 0.378 e. The first-order valence-corrected chi connectivity index (χ1v) is 6.28. The molecule has 2 saturated heterocycles. The van der Waals surface area contributed by atoms with Crippen LogP contribution in [0.15, 0.2) is 0 Å². The molecular weight excluding hydrogens is 204 g/mol. The van der Waals surface area contributed by atoms with Crippen LogP contribution in [-0.2, 0) is 9.53 Å². The van der Waals surface area contributed by atoms with E-state index in [-0.39, 0.29) is 23.5 Å². The molecule has 4 heteroatoms. The summed E-state index contributed by atoms with van der Waals surface area (Å²) in [7, 11) is 0. The van der Waals surface area contributed by atoms with Gasteiger partial charge in [-0.05, 0) is 32.1 Å². The minimum absolute atomic E-state index is 0.0548. The van der Waals surface area contributed by atoms with Crippen LogP contribution in [0.2, 0.25) is 0 Å². The highest BCUT2D eigenvalue weighted by molar-refractivity contribution is 5.80. The fourth-order valence-electron chi connectivity index (χ4n) is 2.98.